The number of nitrogens with one attached hydrogen (secondary N) is 2. The van der Waals surface area contributed by atoms with Crippen molar-refractivity contribution in [1.29, 1.82) is 0 Å². The minimum Gasteiger partial charge on any atom is -0.385 e. The lowest BCUT2D eigenvalue weighted by Crippen LogP contribution is -2.36. The van der Waals surface area contributed by atoms with Gasteiger partial charge in [0.2, 0.25) is 0 Å². The molecule has 106 valence electrons. The first-order valence-corrected chi connectivity index (χ1v) is 7.23. The van der Waals surface area contributed by atoms with Crippen LogP contribution >= 0.6 is 0 Å². The van der Waals surface area contributed by atoms with E-state index in [0.717, 1.165) is 30.6 Å². The van der Waals surface area contributed by atoms with Crippen molar-refractivity contribution in [3.05, 3.63) is 29.8 Å². The zero-order chi connectivity index (χ0) is 14.3. The van der Waals surface area contributed by atoms with Crippen LogP contribution < -0.4 is 10.6 Å². The Kier molecular flexibility index (Phi) is 6.40. The molecule has 3 heteroatoms. The van der Waals surface area contributed by atoms with Gasteiger partial charge in [0.05, 0.1) is 0 Å². The summed E-state index contributed by atoms with van der Waals surface area (Å²) in [5, 5.41) is 6.35. The molecule has 0 aliphatic heterocycles. The van der Waals surface area contributed by atoms with Gasteiger partial charge in [-0.25, -0.2) is 0 Å². The number of hydrogen-bond acceptors (Lipinski definition) is 2. The van der Waals surface area contributed by atoms with Crippen LogP contribution in [0.15, 0.2) is 24.3 Å². The van der Waals surface area contributed by atoms with Crippen LogP contribution in [0.4, 0.5) is 5.69 Å². The zero-order valence-corrected chi connectivity index (χ0v) is 12.5. The Morgan fingerprint density at radius 3 is 2.32 bits per heavy atom. The highest BCUT2D eigenvalue weighted by Gasteiger charge is 2.14. The Bertz CT molecular complexity index is 386. The van der Waals surface area contributed by atoms with Crippen LogP contribution in [-0.2, 0) is 0 Å². The van der Waals surface area contributed by atoms with Gasteiger partial charge in [0, 0.05) is 23.8 Å². The Hall–Kier alpha value is -1.51. The first kappa shape index (κ1) is 15.5. The molecule has 1 aromatic carbocycles. The predicted molar refractivity (Wildman–Crippen MR) is 81.6 cm³/mol. The van der Waals surface area contributed by atoms with Crippen LogP contribution in [0.5, 0.6) is 0 Å². The summed E-state index contributed by atoms with van der Waals surface area (Å²) in [5.74, 6) is 0.504. The highest BCUT2D eigenvalue weighted by Crippen LogP contribution is 2.11. The van der Waals surface area contributed by atoms with Gasteiger partial charge in [-0.1, -0.05) is 27.2 Å². The first-order valence-electron chi connectivity index (χ1n) is 7.23. The molecule has 2 unspecified atom stereocenters. The van der Waals surface area contributed by atoms with Gasteiger partial charge < -0.3 is 10.6 Å². The Morgan fingerprint density at radius 2 is 1.79 bits per heavy atom. The minimum absolute atomic E-state index is 0.00911. The molecule has 0 aliphatic carbocycles. The topological polar surface area (TPSA) is 41.1 Å². The second kappa shape index (κ2) is 7.82. The Morgan fingerprint density at radius 1 is 1.16 bits per heavy atom. The molecule has 3 nitrogen and oxygen atoms in total. The summed E-state index contributed by atoms with van der Waals surface area (Å²) in [4.78, 5) is 12.1. The first-order chi connectivity index (χ1) is 9.08. The zero-order valence-electron chi connectivity index (χ0n) is 12.5. The molecule has 1 aromatic rings. The number of benzene rings is 1. The number of carbonyl (C=O) groups excluding carboxylic acids is 1. The fourth-order valence-corrected chi connectivity index (χ4v) is 1.79. The maximum Gasteiger partial charge on any atom is 0.251 e. The third-order valence-corrected chi connectivity index (χ3v) is 3.58. The molecule has 0 aromatic heterocycles. The van der Waals surface area contributed by atoms with Crippen LogP contribution in [0.1, 0.15) is 50.9 Å². The lowest BCUT2D eigenvalue weighted by molar-refractivity contribution is 0.0928. The summed E-state index contributed by atoms with van der Waals surface area (Å²) in [5.41, 5.74) is 1.78. The van der Waals surface area contributed by atoms with Crippen LogP contribution in [0.25, 0.3) is 0 Å². The molecule has 0 radical (unpaired) electrons. The van der Waals surface area contributed by atoms with Crippen LogP contribution in [0, 0.1) is 5.92 Å². The van der Waals surface area contributed by atoms with Gasteiger partial charge in [-0.3, -0.25) is 4.79 Å². The van der Waals surface area contributed by atoms with Gasteiger partial charge in [0.25, 0.3) is 5.91 Å². The fraction of sp³-hybridized carbons (Fsp3) is 0.562. The van der Waals surface area contributed by atoms with Crippen LogP contribution in [0.2, 0.25) is 0 Å². The quantitative estimate of drug-likeness (QED) is 0.787. The average molecular weight is 262 g/mol. The van der Waals surface area contributed by atoms with Crippen molar-refractivity contribution >= 4 is 11.6 Å². The molecule has 0 heterocycles. The van der Waals surface area contributed by atoms with Gasteiger partial charge in [-0.2, -0.15) is 0 Å². The maximum atomic E-state index is 12.1. The standard InChI is InChI=1S/C16H26N2O/c1-5-11-17-15-9-7-14(8-10-15)16(19)18-13(4)12(3)6-2/h7-10,12-13,17H,5-6,11H2,1-4H3,(H,18,19). The maximum absolute atomic E-state index is 12.1. The lowest BCUT2D eigenvalue weighted by Gasteiger charge is -2.19. The Labute approximate surface area is 116 Å². The summed E-state index contributed by atoms with van der Waals surface area (Å²) < 4.78 is 0. The van der Waals surface area contributed by atoms with E-state index in [1.54, 1.807) is 0 Å². The number of hydrogen-bond donors (Lipinski definition) is 2. The molecule has 0 bridgehead atoms. The van der Waals surface area contributed by atoms with Gasteiger partial charge >= 0.3 is 0 Å². The van der Waals surface area contributed by atoms with Crippen molar-refractivity contribution in [3.8, 4) is 0 Å². The molecule has 2 N–H and O–H groups in total. The normalized spacial score (nSPS) is 13.7. The van der Waals surface area contributed by atoms with E-state index in [9.17, 15) is 4.79 Å². The van der Waals surface area contributed by atoms with Crippen molar-refractivity contribution in [2.75, 3.05) is 11.9 Å². The molecule has 19 heavy (non-hydrogen) atoms. The van der Waals surface area contributed by atoms with E-state index in [-0.39, 0.29) is 11.9 Å². The summed E-state index contributed by atoms with van der Waals surface area (Å²) >= 11 is 0. The number of carbonyl (C=O) groups is 1. The molecule has 0 saturated carbocycles. The third kappa shape index (κ3) is 4.93. The molecule has 2 atom stereocenters. The van der Waals surface area contributed by atoms with Gasteiger partial charge in [0.1, 0.15) is 0 Å². The van der Waals surface area contributed by atoms with E-state index in [1.165, 1.54) is 0 Å². The van der Waals surface area contributed by atoms with E-state index in [2.05, 4.69) is 38.3 Å². The molecule has 1 amide bonds. The average Bonchev–Trinajstić information content (AvgIpc) is 2.44. The number of rotatable bonds is 7. The lowest BCUT2D eigenvalue weighted by atomic mass is 10.0. The monoisotopic (exact) mass is 262 g/mol. The van der Waals surface area contributed by atoms with E-state index >= 15 is 0 Å². The van der Waals surface area contributed by atoms with Crippen molar-refractivity contribution in [1.82, 2.24) is 5.32 Å². The second-order valence-electron chi connectivity index (χ2n) is 5.15. The van der Waals surface area contributed by atoms with Crippen molar-refractivity contribution in [2.24, 2.45) is 5.92 Å². The SMILES string of the molecule is CCCNc1ccc(C(=O)NC(C)C(C)CC)cc1. The van der Waals surface area contributed by atoms with E-state index in [0.29, 0.717) is 5.92 Å². The molecule has 0 aliphatic rings. The van der Waals surface area contributed by atoms with E-state index in [4.69, 9.17) is 0 Å². The minimum atomic E-state index is 0.00911. The highest BCUT2D eigenvalue weighted by molar-refractivity contribution is 5.94. The second-order valence-corrected chi connectivity index (χ2v) is 5.15. The molecule has 1 rings (SSSR count). The number of amides is 1. The molecule has 0 spiro atoms. The highest BCUT2D eigenvalue weighted by atomic mass is 16.1. The summed E-state index contributed by atoms with van der Waals surface area (Å²) in [6.45, 7) is 9.44. The van der Waals surface area contributed by atoms with Crippen molar-refractivity contribution in [3.63, 3.8) is 0 Å². The number of anilines is 1. The largest absolute Gasteiger partial charge is 0.385 e. The third-order valence-electron chi connectivity index (χ3n) is 3.58. The fourth-order valence-electron chi connectivity index (χ4n) is 1.79. The summed E-state index contributed by atoms with van der Waals surface area (Å²) in [6.07, 6.45) is 2.16. The van der Waals surface area contributed by atoms with Crippen LogP contribution in [-0.4, -0.2) is 18.5 Å². The van der Waals surface area contributed by atoms with Gasteiger partial charge in [0.15, 0.2) is 0 Å². The van der Waals surface area contributed by atoms with E-state index < -0.39 is 0 Å². The van der Waals surface area contributed by atoms with Crippen LogP contribution in [0.3, 0.4) is 0 Å². The van der Waals surface area contributed by atoms with Crippen molar-refractivity contribution in [2.45, 2.75) is 46.6 Å². The Balaban J connectivity index is 2.57. The molecule has 0 fully saturated rings. The summed E-state index contributed by atoms with van der Waals surface area (Å²) in [7, 11) is 0. The van der Waals surface area contributed by atoms with Gasteiger partial charge in [-0.15, -0.1) is 0 Å². The van der Waals surface area contributed by atoms with Crippen molar-refractivity contribution < 1.29 is 4.79 Å². The molecular weight excluding hydrogens is 236 g/mol. The molecular formula is C16H26N2O. The summed E-state index contributed by atoms with van der Waals surface area (Å²) in [6, 6.07) is 7.86. The predicted octanol–water partition coefficient (Wildman–Crippen LogP) is 3.67. The van der Waals surface area contributed by atoms with E-state index in [1.807, 2.05) is 24.3 Å². The van der Waals surface area contributed by atoms with Gasteiger partial charge in [-0.05, 0) is 43.5 Å². The molecule has 0 saturated heterocycles. The smallest absolute Gasteiger partial charge is 0.251 e.